The number of aliphatic hydroxyl groups excluding tert-OH is 3. The van der Waals surface area contributed by atoms with Crippen molar-refractivity contribution in [2.45, 2.75) is 303 Å². The van der Waals surface area contributed by atoms with Crippen molar-refractivity contribution in [3.8, 4) is 0 Å². The van der Waals surface area contributed by atoms with Crippen LogP contribution in [0.4, 0.5) is 0 Å². The van der Waals surface area contributed by atoms with Crippen LogP contribution >= 0.6 is 0 Å². The molecule has 88 heavy (non-hydrogen) atoms. The Labute approximate surface area is 540 Å². The van der Waals surface area contributed by atoms with Crippen LogP contribution in [-0.2, 0) is 9.53 Å². The van der Waals surface area contributed by atoms with E-state index in [1.807, 2.05) is 11.1 Å². The number of Topliss-reactive ketones (excluding diaryl/α,β-unsaturated/α-hetero) is 1. The number of allylic oxidation sites excluding steroid dienone is 16. The average Bonchev–Trinajstić information content (AvgIpc) is 1.96. The molecule has 1 aliphatic heterocycles. The molecule has 8 saturated carbocycles. The molecule has 0 spiro atoms. The summed E-state index contributed by atoms with van der Waals surface area (Å²) in [5, 5.41) is 29.8. The Morgan fingerprint density at radius 1 is 0.375 bits per heavy atom. The van der Waals surface area contributed by atoms with Gasteiger partial charge in [0.2, 0.25) is 0 Å². The first kappa shape index (κ1) is 71.0. The largest absolute Gasteiger partial charge is 0.393 e. The summed E-state index contributed by atoms with van der Waals surface area (Å²) in [5.41, 5.74) is 20.5. The summed E-state index contributed by atoms with van der Waals surface area (Å²) in [4.78, 5) is 11.9. The van der Waals surface area contributed by atoms with Crippen molar-refractivity contribution in [2.24, 2.45) is 107 Å². The third-order valence-electron chi connectivity index (χ3n) is 25.2. The van der Waals surface area contributed by atoms with Gasteiger partial charge in [-0.15, -0.1) is 0 Å². The summed E-state index contributed by atoms with van der Waals surface area (Å²) in [7, 11) is 0. The number of rotatable bonds is 5. The molecule has 494 valence electrons. The Morgan fingerprint density at radius 3 is 1.36 bits per heavy atom. The fourth-order valence-electron chi connectivity index (χ4n) is 21.1. The molecule has 5 unspecified atom stereocenters. The maximum atomic E-state index is 11.9. The van der Waals surface area contributed by atoms with Gasteiger partial charge in [0, 0.05) is 30.1 Å². The Morgan fingerprint density at radius 2 is 0.818 bits per heavy atom. The molecule has 22 atom stereocenters. The quantitative estimate of drug-likeness (QED) is 0.239. The highest BCUT2D eigenvalue weighted by molar-refractivity contribution is 5.84. The van der Waals surface area contributed by atoms with Crippen molar-refractivity contribution in [2.75, 3.05) is 0 Å². The van der Waals surface area contributed by atoms with Crippen molar-refractivity contribution in [3.63, 3.8) is 0 Å². The number of fused-ring (bicyclic) bond motifs is 5. The third kappa shape index (κ3) is 17.1. The molecule has 5 nitrogen and oxygen atoms in total. The van der Waals surface area contributed by atoms with Crippen LogP contribution in [0.15, 0.2) is 103 Å². The monoisotopic (exact) mass is 1210 g/mol. The molecule has 0 bridgehead atoms. The summed E-state index contributed by atoms with van der Waals surface area (Å²) >= 11 is 0. The SMILES string of the molecule is CC(C)=C[C@@H]1CCC(C)=C2CC[C@H](O)[C@@H]21.CC(C)=C[C@@H]1CCC(C)[C@H]2CCC(=O)[C@H]12.CC(C)=C[C@@H]1CCC(C)[C@H]2CCC(C)=C12.CC(C)=C[C@@H]1CCC(C)[C@H]2CCC(C)=C12.CC(C)=C[C@@H]1CCC(C)[C@H]2CC[C@H](O)[C@H]12.CC1=C2CC[C@@H]3OC(O)[C@H](CC1)[C@H]23. The van der Waals surface area contributed by atoms with Gasteiger partial charge in [0.05, 0.1) is 18.3 Å². The van der Waals surface area contributed by atoms with E-state index in [0.29, 0.717) is 65.1 Å². The minimum absolute atomic E-state index is 0.0293. The number of hydrogen-bond acceptors (Lipinski definition) is 5. The lowest BCUT2D eigenvalue weighted by Gasteiger charge is -2.38. The van der Waals surface area contributed by atoms with Gasteiger partial charge in [-0.2, -0.15) is 0 Å². The topological polar surface area (TPSA) is 87.0 Å². The number of ketones is 1. The van der Waals surface area contributed by atoms with E-state index in [9.17, 15) is 20.1 Å². The van der Waals surface area contributed by atoms with Gasteiger partial charge in [-0.05, 0) is 327 Å². The van der Waals surface area contributed by atoms with Gasteiger partial charge < -0.3 is 20.1 Å². The lowest BCUT2D eigenvalue weighted by molar-refractivity contribution is -0.123. The highest BCUT2D eigenvalue weighted by Crippen LogP contribution is 2.54. The van der Waals surface area contributed by atoms with Crippen LogP contribution in [0.5, 0.6) is 0 Å². The van der Waals surface area contributed by atoms with Gasteiger partial charge in [-0.3, -0.25) is 4.79 Å². The van der Waals surface area contributed by atoms with E-state index in [1.54, 1.807) is 33.4 Å². The molecule has 0 radical (unpaired) electrons. The second-order valence-electron chi connectivity index (χ2n) is 33.1. The minimum Gasteiger partial charge on any atom is -0.393 e. The molecule has 0 aromatic heterocycles. The van der Waals surface area contributed by atoms with Crippen molar-refractivity contribution < 1.29 is 24.9 Å². The van der Waals surface area contributed by atoms with Crippen LogP contribution in [0.25, 0.3) is 0 Å². The van der Waals surface area contributed by atoms with E-state index < -0.39 is 6.29 Å². The Balaban J connectivity index is 0.000000137. The number of ether oxygens (including phenoxy) is 1. The van der Waals surface area contributed by atoms with Crippen molar-refractivity contribution in [1.29, 1.82) is 0 Å². The predicted molar refractivity (Wildman–Crippen MR) is 372 cm³/mol. The smallest absolute Gasteiger partial charge is 0.158 e. The maximum Gasteiger partial charge on any atom is 0.158 e. The number of carbonyl (C=O) groups is 1. The molecule has 5 heteroatoms. The normalized spacial score (nSPS) is 39.7. The number of hydrogen-bond donors (Lipinski definition) is 3. The lowest BCUT2D eigenvalue weighted by Crippen LogP contribution is -2.34. The fraction of sp³-hybridized carbons (Fsp3) is 0.771. The fourth-order valence-corrected chi connectivity index (χ4v) is 21.1. The minimum atomic E-state index is -0.474. The van der Waals surface area contributed by atoms with Crippen molar-refractivity contribution >= 4 is 5.78 Å². The molecule has 13 aliphatic rings. The van der Waals surface area contributed by atoms with Gasteiger partial charge in [0.25, 0.3) is 0 Å². The zero-order valence-corrected chi connectivity index (χ0v) is 59.7. The third-order valence-corrected chi connectivity index (χ3v) is 25.2. The van der Waals surface area contributed by atoms with Crippen molar-refractivity contribution in [3.05, 3.63) is 103 Å². The van der Waals surface area contributed by atoms with Crippen LogP contribution in [0.3, 0.4) is 0 Å². The van der Waals surface area contributed by atoms with Crippen LogP contribution in [-0.4, -0.2) is 45.7 Å². The standard InChI is InChI=1S/2C15H24.C14H24O.2C14H22O.C11H16O2/c2*1-10(2)9-13-7-5-11(3)14-8-6-12(4)15(13)14;3*1-9(2)8-11-5-4-10(3)12-6-7-13(15)14(11)12;1-6-2-3-8-10-7(6)4-5-9(10)13-11(8)12/h2*9,11,13-14H,5-8H2,1-4H3;8,10-15H,4-7H2,1-3H3;8,11,13-15H,4-7H2,1-3H3;8,10-12,14H,4-7H2,1-3H3;8-12H,2-5H2,1H3/t2*11?,13-,14+;10?,11-,12+,13-,14+;11-,13-,14+;10?,11-,12+,14+;8-,9+,10+,11?/m000001/s1. The Bertz CT molecular complexity index is 2590. The van der Waals surface area contributed by atoms with Gasteiger partial charge in [-0.1, -0.05) is 131 Å². The van der Waals surface area contributed by atoms with Crippen LogP contribution in [0.2, 0.25) is 0 Å². The van der Waals surface area contributed by atoms with Crippen LogP contribution < -0.4 is 0 Å². The average molecular weight is 1210 g/mol. The van der Waals surface area contributed by atoms with E-state index in [1.165, 1.54) is 137 Å². The van der Waals surface area contributed by atoms with Gasteiger partial charge >= 0.3 is 0 Å². The molecule has 0 aromatic rings. The highest BCUT2D eigenvalue weighted by Gasteiger charge is 2.51. The van der Waals surface area contributed by atoms with E-state index in [0.717, 1.165) is 98.2 Å². The molecule has 9 fully saturated rings. The predicted octanol–water partition coefficient (Wildman–Crippen LogP) is 21.7. The van der Waals surface area contributed by atoms with Crippen LogP contribution in [0, 0.1) is 107 Å². The van der Waals surface area contributed by atoms with Gasteiger partial charge in [0.1, 0.15) is 5.78 Å². The first-order valence-corrected chi connectivity index (χ1v) is 37.0. The second-order valence-corrected chi connectivity index (χ2v) is 33.1. The lowest BCUT2D eigenvalue weighted by atomic mass is 9.68. The Kier molecular flexibility index (Phi) is 25.7. The molecule has 1 heterocycles. The molecular formula is C83H132O5. The first-order valence-electron chi connectivity index (χ1n) is 37.0. The molecule has 12 aliphatic carbocycles. The van der Waals surface area contributed by atoms with E-state index in [4.69, 9.17) is 4.74 Å². The molecule has 0 aromatic carbocycles. The summed E-state index contributed by atoms with van der Waals surface area (Å²) in [6.45, 7) is 40.7. The molecular weight excluding hydrogens is 1080 g/mol. The Hall–Kier alpha value is -2.83. The van der Waals surface area contributed by atoms with E-state index >= 15 is 0 Å². The van der Waals surface area contributed by atoms with E-state index in [2.05, 4.69) is 155 Å². The molecule has 13 rings (SSSR count). The zero-order valence-electron chi connectivity index (χ0n) is 59.7. The highest BCUT2D eigenvalue weighted by atomic mass is 16.6. The van der Waals surface area contributed by atoms with Gasteiger partial charge in [0.15, 0.2) is 6.29 Å². The number of carbonyl (C=O) groups excluding carboxylic acids is 1. The summed E-state index contributed by atoms with van der Waals surface area (Å²) in [6.07, 6.45) is 41.7. The number of aliphatic hydroxyl groups is 3. The van der Waals surface area contributed by atoms with Crippen molar-refractivity contribution in [1.82, 2.24) is 0 Å². The summed E-state index contributed by atoms with van der Waals surface area (Å²) < 4.78 is 5.57. The second kappa shape index (κ2) is 31.9. The molecule has 0 amide bonds. The zero-order chi connectivity index (χ0) is 64.0. The van der Waals surface area contributed by atoms with Crippen LogP contribution in [0.1, 0.15) is 279 Å². The first-order chi connectivity index (χ1) is 41.7. The molecule has 1 saturated heterocycles. The molecule has 3 N–H and O–H groups in total. The van der Waals surface area contributed by atoms with Gasteiger partial charge in [-0.25, -0.2) is 0 Å². The summed E-state index contributed by atoms with van der Waals surface area (Å²) in [6, 6.07) is 0. The van der Waals surface area contributed by atoms with E-state index in [-0.39, 0.29) is 12.2 Å². The summed E-state index contributed by atoms with van der Waals surface area (Å²) in [5.74, 6) is 13.0. The maximum absolute atomic E-state index is 11.9.